The Hall–Kier alpha value is -3.23. The van der Waals surface area contributed by atoms with Crippen LogP contribution < -0.4 is 5.11 Å². The first kappa shape index (κ1) is 64.8. The molecule has 0 aromatic heterocycles. The molecule has 0 aliphatic carbocycles. The lowest BCUT2D eigenvalue weighted by atomic mass is 10.0. The van der Waals surface area contributed by atoms with E-state index >= 15 is 0 Å². The zero-order valence-electron chi connectivity index (χ0n) is 44.8. The van der Waals surface area contributed by atoms with Crippen LogP contribution in [0.4, 0.5) is 0 Å². The number of quaternary nitrogens is 1. The largest absolute Gasteiger partial charge is 0.544 e. The van der Waals surface area contributed by atoms with Gasteiger partial charge in [-0.05, 0) is 83.5 Å². The van der Waals surface area contributed by atoms with E-state index in [2.05, 4.69) is 86.8 Å². The Kier molecular flexibility index (Phi) is 47.8. The van der Waals surface area contributed by atoms with Crippen LogP contribution in [0.1, 0.15) is 239 Å². The zero-order valence-corrected chi connectivity index (χ0v) is 44.8. The maximum Gasteiger partial charge on any atom is 0.306 e. The fourth-order valence-electron chi connectivity index (χ4n) is 8.03. The number of carboxylic acids is 1. The molecule has 0 fully saturated rings. The number of likely N-dealkylation sites (N-methyl/N-ethyl adjacent to an activating group) is 1. The van der Waals surface area contributed by atoms with Crippen LogP contribution in [0, 0.1) is 0 Å². The van der Waals surface area contributed by atoms with Gasteiger partial charge in [0.25, 0.3) is 0 Å². The van der Waals surface area contributed by atoms with E-state index < -0.39 is 18.1 Å². The molecule has 0 aromatic carbocycles. The van der Waals surface area contributed by atoms with Crippen LogP contribution in [-0.2, 0) is 28.6 Å². The summed E-state index contributed by atoms with van der Waals surface area (Å²) < 4.78 is 17.3. The van der Waals surface area contributed by atoms with Gasteiger partial charge in [-0.3, -0.25) is 9.59 Å². The molecule has 0 bridgehead atoms. The average Bonchev–Trinajstić information content (AvgIpc) is 3.30. The van der Waals surface area contributed by atoms with Gasteiger partial charge in [0.05, 0.1) is 40.3 Å². The first-order valence-electron chi connectivity index (χ1n) is 28.0. The molecule has 0 aliphatic heterocycles. The van der Waals surface area contributed by atoms with Crippen molar-refractivity contribution in [2.45, 2.75) is 251 Å². The summed E-state index contributed by atoms with van der Waals surface area (Å²) >= 11 is 0. The van der Waals surface area contributed by atoms with Crippen molar-refractivity contribution in [1.82, 2.24) is 0 Å². The molecule has 0 rings (SSSR count). The molecule has 0 aromatic rings. The lowest BCUT2D eigenvalue weighted by Gasteiger charge is -2.34. The Balaban J connectivity index is 4.21. The third kappa shape index (κ3) is 47.8. The standard InChI is InChI=1S/C60H105NO7/c1-6-8-10-12-14-16-18-20-22-24-26-28-29-31-32-34-36-38-40-42-44-46-48-50-58(62)67-55-56(54-66-53-52-57(60(64)65)61(3,4)5)68-59(63)51-49-47-45-43-41-39-37-35-33-30-27-25-23-21-19-17-15-13-11-9-7-2/h9,11,15,17-18,20-21,23-24,26-27,30,56-57H,6-8,10,12-14,16,19,22,25,28-29,31-55H2,1-5H3/b11-9-,17-15-,20-18-,23-21-,26-24-,30-27-. The minimum Gasteiger partial charge on any atom is -0.544 e. The molecule has 0 N–H and O–H groups in total. The summed E-state index contributed by atoms with van der Waals surface area (Å²) in [5.74, 6) is -1.74. The minimum atomic E-state index is -1.13. The van der Waals surface area contributed by atoms with Gasteiger partial charge in [-0.15, -0.1) is 0 Å². The van der Waals surface area contributed by atoms with Crippen molar-refractivity contribution in [3.8, 4) is 0 Å². The highest BCUT2D eigenvalue weighted by Crippen LogP contribution is 2.15. The topological polar surface area (TPSA) is 102 Å². The van der Waals surface area contributed by atoms with Crippen molar-refractivity contribution < 1.29 is 38.2 Å². The van der Waals surface area contributed by atoms with Crippen LogP contribution in [0.5, 0.6) is 0 Å². The predicted octanol–water partition coefficient (Wildman–Crippen LogP) is 15.3. The molecule has 2 unspecified atom stereocenters. The summed E-state index contributed by atoms with van der Waals surface area (Å²) in [5, 5.41) is 11.7. The summed E-state index contributed by atoms with van der Waals surface area (Å²) in [6, 6.07) is -0.731. The first-order chi connectivity index (χ1) is 33.1. The van der Waals surface area contributed by atoms with Gasteiger partial charge in [-0.2, -0.15) is 0 Å². The number of nitrogens with zero attached hydrogens (tertiary/aromatic N) is 1. The van der Waals surface area contributed by atoms with Gasteiger partial charge in [-0.25, -0.2) is 0 Å². The third-order valence-corrected chi connectivity index (χ3v) is 12.3. The Morgan fingerprint density at radius 1 is 0.456 bits per heavy atom. The summed E-state index contributed by atoms with van der Waals surface area (Å²) in [6.07, 6.45) is 65.1. The molecule has 0 radical (unpaired) electrons. The van der Waals surface area contributed by atoms with E-state index in [4.69, 9.17) is 14.2 Å². The number of ether oxygens (including phenoxy) is 3. The Morgan fingerprint density at radius 2 is 0.824 bits per heavy atom. The summed E-state index contributed by atoms with van der Waals surface area (Å²) in [4.78, 5) is 37.1. The second-order valence-electron chi connectivity index (χ2n) is 19.8. The van der Waals surface area contributed by atoms with Crippen LogP contribution in [0.15, 0.2) is 72.9 Å². The van der Waals surface area contributed by atoms with Crippen LogP contribution in [0.2, 0.25) is 0 Å². The molecule has 0 aliphatic rings. The van der Waals surface area contributed by atoms with Crippen molar-refractivity contribution >= 4 is 17.9 Å². The Labute approximate surface area is 419 Å². The van der Waals surface area contributed by atoms with E-state index in [1.165, 1.54) is 128 Å². The molecule has 8 heteroatoms. The molecule has 392 valence electrons. The molecule has 2 atom stereocenters. The minimum absolute atomic E-state index is 0.0347. The third-order valence-electron chi connectivity index (χ3n) is 12.3. The fraction of sp³-hybridized carbons (Fsp3) is 0.750. The molecule has 68 heavy (non-hydrogen) atoms. The van der Waals surface area contributed by atoms with Crippen molar-refractivity contribution in [3.05, 3.63) is 72.9 Å². The van der Waals surface area contributed by atoms with Crippen molar-refractivity contribution in [2.24, 2.45) is 0 Å². The Morgan fingerprint density at radius 3 is 1.22 bits per heavy atom. The van der Waals surface area contributed by atoms with E-state index in [1.807, 2.05) is 0 Å². The van der Waals surface area contributed by atoms with Gasteiger partial charge in [0.2, 0.25) is 0 Å². The molecule has 0 amide bonds. The highest BCUT2D eigenvalue weighted by molar-refractivity contribution is 5.70. The number of hydrogen-bond donors (Lipinski definition) is 0. The van der Waals surface area contributed by atoms with Crippen LogP contribution in [0.25, 0.3) is 0 Å². The van der Waals surface area contributed by atoms with Gasteiger partial charge in [0.1, 0.15) is 12.6 Å². The van der Waals surface area contributed by atoms with E-state index in [-0.39, 0.29) is 42.7 Å². The molecule has 0 spiro atoms. The number of carbonyl (C=O) groups excluding carboxylic acids is 3. The quantitative estimate of drug-likeness (QED) is 0.0259. The van der Waals surface area contributed by atoms with Crippen molar-refractivity contribution in [1.29, 1.82) is 0 Å². The smallest absolute Gasteiger partial charge is 0.306 e. The number of unbranched alkanes of at least 4 members (excludes halogenated alkanes) is 24. The van der Waals surface area contributed by atoms with E-state index in [1.54, 1.807) is 21.1 Å². The molecule has 0 saturated carbocycles. The second-order valence-corrected chi connectivity index (χ2v) is 19.8. The second kappa shape index (κ2) is 50.2. The number of rotatable bonds is 50. The summed E-state index contributed by atoms with van der Waals surface area (Å²) in [7, 11) is 5.42. The predicted molar refractivity (Wildman–Crippen MR) is 286 cm³/mol. The SMILES string of the molecule is CC/C=C\C/C=C\C/C=C\C/C=C\CCCCCCCCCCC(=O)OC(COCCC(C(=O)[O-])[N+](C)(C)C)COC(=O)CCCCCCCCCCCCC/C=C\C/C=C\CCCCCCC. The van der Waals surface area contributed by atoms with Crippen LogP contribution in [-0.4, -0.2) is 75.5 Å². The van der Waals surface area contributed by atoms with Gasteiger partial charge in [0.15, 0.2) is 6.10 Å². The maximum atomic E-state index is 12.8. The number of allylic oxidation sites excluding steroid dienone is 12. The van der Waals surface area contributed by atoms with E-state index in [0.717, 1.165) is 77.0 Å². The molecule has 0 heterocycles. The highest BCUT2D eigenvalue weighted by atomic mass is 16.6. The van der Waals surface area contributed by atoms with Crippen molar-refractivity contribution in [2.75, 3.05) is 41.0 Å². The number of carbonyl (C=O) groups is 3. The molecular weight excluding hydrogens is 847 g/mol. The number of hydrogen-bond acceptors (Lipinski definition) is 7. The Bertz CT molecular complexity index is 1340. The first-order valence-corrected chi connectivity index (χ1v) is 28.0. The monoisotopic (exact) mass is 952 g/mol. The van der Waals surface area contributed by atoms with Crippen molar-refractivity contribution in [3.63, 3.8) is 0 Å². The van der Waals surface area contributed by atoms with E-state index in [9.17, 15) is 19.5 Å². The molecular formula is C60H105NO7. The number of esters is 2. The molecule has 8 nitrogen and oxygen atoms in total. The number of carboxylic acid groups (broad SMARTS) is 1. The van der Waals surface area contributed by atoms with E-state index in [0.29, 0.717) is 12.8 Å². The van der Waals surface area contributed by atoms with Gasteiger partial charge >= 0.3 is 11.9 Å². The average molecular weight is 952 g/mol. The van der Waals surface area contributed by atoms with Gasteiger partial charge in [-0.1, -0.05) is 209 Å². The maximum absolute atomic E-state index is 12.8. The normalized spacial score (nSPS) is 13.4. The lowest BCUT2D eigenvalue weighted by molar-refractivity contribution is -0.889. The van der Waals surface area contributed by atoms with Crippen LogP contribution >= 0.6 is 0 Å². The van der Waals surface area contributed by atoms with Crippen LogP contribution in [0.3, 0.4) is 0 Å². The zero-order chi connectivity index (χ0) is 49.9. The summed E-state index contributed by atoms with van der Waals surface area (Å²) in [6.45, 7) is 4.55. The van der Waals surface area contributed by atoms with Gasteiger partial charge in [0, 0.05) is 19.3 Å². The highest BCUT2D eigenvalue weighted by Gasteiger charge is 2.25. The fourth-order valence-corrected chi connectivity index (χ4v) is 8.03. The molecule has 0 saturated heterocycles. The van der Waals surface area contributed by atoms with Gasteiger partial charge < -0.3 is 28.6 Å². The lowest BCUT2D eigenvalue weighted by Crippen LogP contribution is -2.55. The summed E-state index contributed by atoms with van der Waals surface area (Å²) in [5.41, 5.74) is 0. The number of aliphatic carboxylic acids is 1.